The van der Waals surface area contributed by atoms with Gasteiger partial charge in [0.25, 0.3) is 0 Å². The smallest absolute Gasteiger partial charge is 0.125 e. The van der Waals surface area contributed by atoms with Crippen LogP contribution in [0.4, 0.5) is 5.82 Å². The van der Waals surface area contributed by atoms with Gasteiger partial charge in [-0.2, -0.15) is 0 Å². The van der Waals surface area contributed by atoms with Crippen molar-refractivity contribution >= 4 is 5.82 Å². The number of imidazole rings is 1. The van der Waals surface area contributed by atoms with Crippen LogP contribution in [0, 0.1) is 5.92 Å². The summed E-state index contributed by atoms with van der Waals surface area (Å²) in [6.07, 6.45) is 6.66. The highest BCUT2D eigenvalue weighted by Gasteiger charge is 2.43. The molecular weight excluding hydrogens is 330 g/mol. The third kappa shape index (κ3) is 4.06. The Labute approximate surface area is 154 Å². The van der Waals surface area contributed by atoms with Crippen molar-refractivity contribution in [3.8, 4) is 0 Å². The van der Waals surface area contributed by atoms with E-state index >= 15 is 0 Å². The number of pyridine rings is 1. The molecule has 7 nitrogen and oxygen atoms in total. The molecule has 2 aromatic rings. The molecule has 2 aliphatic rings. The van der Waals surface area contributed by atoms with E-state index < -0.39 is 0 Å². The highest BCUT2D eigenvalue weighted by molar-refractivity contribution is 5.33. The highest BCUT2D eigenvalue weighted by atomic mass is 16.5. The van der Waals surface area contributed by atoms with Gasteiger partial charge in [0.2, 0.25) is 0 Å². The Morgan fingerprint density at radius 3 is 3.08 bits per heavy atom. The largest absolute Gasteiger partial charge is 0.377 e. The Morgan fingerprint density at radius 1 is 1.31 bits per heavy atom. The number of hydrogen-bond acceptors (Lipinski definition) is 6. The fourth-order valence-corrected chi connectivity index (χ4v) is 3.86. The minimum atomic E-state index is -0.210. The molecule has 7 heteroatoms. The van der Waals surface area contributed by atoms with Crippen LogP contribution in [0.25, 0.3) is 0 Å². The lowest BCUT2D eigenvalue weighted by Crippen LogP contribution is -2.44. The molecule has 0 aromatic carbocycles. The maximum absolute atomic E-state index is 6.29. The van der Waals surface area contributed by atoms with Crippen molar-refractivity contribution in [3.63, 3.8) is 0 Å². The zero-order chi connectivity index (χ0) is 17.8. The summed E-state index contributed by atoms with van der Waals surface area (Å²) in [5.74, 6) is 2.46. The molecule has 140 valence electrons. The van der Waals surface area contributed by atoms with E-state index in [1.165, 1.54) is 0 Å². The van der Waals surface area contributed by atoms with Crippen LogP contribution < -0.4 is 5.32 Å². The molecule has 2 fully saturated rings. The Balaban J connectivity index is 1.35. The van der Waals surface area contributed by atoms with Crippen molar-refractivity contribution in [2.45, 2.75) is 18.6 Å². The van der Waals surface area contributed by atoms with Crippen LogP contribution >= 0.6 is 0 Å². The van der Waals surface area contributed by atoms with Crippen LogP contribution in [-0.2, 0) is 23.1 Å². The lowest BCUT2D eigenvalue weighted by Gasteiger charge is -2.31. The molecule has 2 saturated heterocycles. The summed E-state index contributed by atoms with van der Waals surface area (Å²) in [6, 6.07) is 5.92. The van der Waals surface area contributed by atoms with E-state index in [4.69, 9.17) is 9.47 Å². The minimum absolute atomic E-state index is 0.210. The van der Waals surface area contributed by atoms with E-state index in [1.54, 1.807) is 0 Å². The van der Waals surface area contributed by atoms with Gasteiger partial charge >= 0.3 is 0 Å². The molecule has 1 spiro atoms. The molecule has 2 unspecified atom stereocenters. The lowest BCUT2D eigenvalue weighted by atomic mass is 9.94. The zero-order valence-corrected chi connectivity index (χ0v) is 15.3. The Bertz CT molecular complexity index is 707. The first-order valence-electron chi connectivity index (χ1n) is 9.28. The van der Waals surface area contributed by atoms with E-state index in [0.717, 1.165) is 57.5 Å². The Kier molecular flexibility index (Phi) is 5.19. The summed E-state index contributed by atoms with van der Waals surface area (Å²) in [4.78, 5) is 11.2. The summed E-state index contributed by atoms with van der Waals surface area (Å²) in [7, 11) is 2.04. The Hall–Kier alpha value is -1.96. The van der Waals surface area contributed by atoms with Crippen molar-refractivity contribution in [2.24, 2.45) is 13.0 Å². The van der Waals surface area contributed by atoms with Crippen molar-refractivity contribution in [1.82, 2.24) is 19.4 Å². The van der Waals surface area contributed by atoms with Gasteiger partial charge in [-0.3, -0.25) is 4.90 Å². The van der Waals surface area contributed by atoms with Gasteiger partial charge in [-0.1, -0.05) is 6.07 Å². The maximum Gasteiger partial charge on any atom is 0.125 e. The third-order valence-corrected chi connectivity index (χ3v) is 5.24. The molecule has 0 saturated carbocycles. The molecule has 0 aliphatic carbocycles. The SMILES string of the molecule is Cn1ccnc1CN1CCOCC2(CC(CNc3ccccn3)CO2)C1. The van der Waals surface area contributed by atoms with E-state index in [1.807, 2.05) is 43.8 Å². The second-order valence-corrected chi connectivity index (χ2v) is 7.38. The standard InChI is InChI=1S/C19H27N5O2/c1-23-7-6-21-18(23)12-24-8-9-25-15-19(14-24)10-16(13-26-19)11-22-17-4-2-3-5-20-17/h2-7,16H,8-15H2,1H3,(H,20,22). The van der Waals surface area contributed by atoms with Crippen LogP contribution in [0.5, 0.6) is 0 Å². The van der Waals surface area contributed by atoms with Gasteiger partial charge in [-0.05, 0) is 18.6 Å². The normalized spacial score (nSPS) is 26.9. The number of nitrogens with zero attached hydrogens (tertiary/aromatic N) is 4. The van der Waals surface area contributed by atoms with E-state index in [2.05, 4.69) is 24.8 Å². The van der Waals surface area contributed by atoms with Gasteiger partial charge in [0.05, 0.1) is 26.4 Å². The second kappa shape index (κ2) is 7.73. The molecule has 2 atom stereocenters. The van der Waals surface area contributed by atoms with Gasteiger partial charge in [0, 0.05) is 51.2 Å². The first-order valence-corrected chi connectivity index (χ1v) is 9.28. The first-order chi connectivity index (χ1) is 12.7. The molecule has 2 aliphatic heterocycles. The van der Waals surface area contributed by atoms with E-state index in [9.17, 15) is 0 Å². The maximum atomic E-state index is 6.29. The first kappa shape index (κ1) is 17.5. The van der Waals surface area contributed by atoms with Crippen molar-refractivity contribution in [1.29, 1.82) is 0 Å². The average molecular weight is 357 g/mol. The summed E-state index contributed by atoms with van der Waals surface area (Å²) >= 11 is 0. The molecule has 1 N–H and O–H groups in total. The number of aryl methyl sites for hydroxylation is 1. The molecule has 4 heterocycles. The topological polar surface area (TPSA) is 64.4 Å². The van der Waals surface area contributed by atoms with Crippen LogP contribution in [0.15, 0.2) is 36.8 Å². The zero-order valence-electron chi connectivity index (χ0n) is 15.3. The monoisotopic (exact) mass is 357 g/mol. The summed E-state index contributed by atoms with van der Waals surface area (Å²) in [6.45, 7) is 5.68. The predicted molar refractivity (Wildman–Crippen MR) is 98.8 cm³/mol. The fourth-order valence-electron chi connectivity index (χ4n) is 3.86. The van der Waals surface area contributed by atoms with Crippen LogP contribution in [0.2, 0.25) is 0 Å². The van der Waals surface area contributed by atoms with Gasteiger partial charge in [-0.25, -0.2) is 9.97 Å². The molecule has 0 radical (unpaired) electrons. The average Bonchev–Trinajstić information content (AvgIpc) is 3.18. The molecule has 26 heavy (non-hydrogen) atoms. The lowest BCUT2D eigenvalue weighted by molar-refractivity contribution is -0.0564. The number of hydrogen-bond donors (Lipinski definition) is 1. The quantitative estimate of drug-likeness (QED) is 0.876. The van der Waals surface area contributed by atoms with E-state index in [0.29, 0.717) is 12.5 Å². The van der Waals surface area contributed by atoms with Gasteiger partial charge in [-0.15, -0.1) is 0 Å². The fraction of sp³-hybridized carbons (Fsp3) is 0.579. The molecule has 0 bridgehead atoms. The number of nitrogens with one attached hydrogen (secondary N) is 1. The van der Waals surface area contributed by atoms with Crippen LogP contribution in [0.3, 0.4) is 0 Å². The summed E-state index contributed by atoms with van der Waals surface area (Å²) in [5.41, 5.74) is -0.210. The highest BCUT2D eigenvalue weighted by Crippen LogP contribution is 2.33. The summed E-state index contributed by atoms with van der Waals surface area (Å²) < 4.78 is 14.3. The molecule has 4 rings (SSSR count). The molecule has 0 amide bonds. The molecule has 2 aromatic heterocycles. The number of rotatable bonds is 5. The van der Waals surface area contributed by atoms with Gasteiger partial charge in [0.15, 0.2) is 0 Å². The van der Waals surface area contributed by atoms with Crippen LogP contribution in [0.1, 0.15) is 12.2 Å². The Morgan fingerprint density at radius 2 is 2.27 bits per heavy atom. The molecular formula is C19H27N5O2. The minimum Gasteiger partial charge on any atom is -0.377 e. The summed E-state index contributed by atoms with van der Waals surface area (Å²) in [5, 5.41) is 3.42. The van der Waals surface area contributed by atoms with Crippen molar-refractivity contribution in [2.75, 3.05) is 44.8 Å². The van der Waals surface area contributed by atoms with E-state index in [-0.39, 0.29) is 5.60 Å². The number of anilines is 1. The number of aromatic nitrogens is 3. The second-order valence-electron chi connectivity index (χ2n) is 7.38. The van der Waals surface area contributed by atoms with Crippen molar-refractivity contribution < 1.29 is 9.47 Å². The van der Waals surface area contributed by atoms with Crippen molar-refractivity contribution in [3.05, 3.63) is 42.6 Å². The number of ether oxygens (including phenoxy) is 2. The van der Waals surface area contributed by atoms with Crippen LogP contribution in [-0.4, -0.2) is 64.5 Å². The third-order valence-electron chi connectivity index (χ3n) is 5.24. The predicted octanol–water partition coefficient (Wildman–Crippen LogP) is 1.53. The van der Waals surface area contributed by atoms with Gasteiger partial charge < -0.3 is 19.4 Å². The van der Waals surface area contributed by atoms with Gasteiger partial charge in [0.1, 0.15) is 17.2 Å².